The second-order valence-electron chi connectivity index (χ2n) is 2.89. The second-order valence-corrected chi connectivity index (χ2v) is 2.89. The molecule has 0 bridgehead atoms. The molecule has 10 heavy (non-hydrogen) atoms. The van der Waals surface area contributed by atoms with E-state index in [9.17, 15) is 0 Å². The lowest BCUT2D eigenvalue weighted by molar-refractivity contribution is 0.140. The van der Waals surface area contributed by atoms with Gasteiger partial charge in [-0.2, -0.15) is 0 Å². The first kappa shape index (κ1) is 7.98. The van der Waals surface area contributed by atoms with Crippen LogP contribution in [-0.4, -0.2) is 31.7 Å². The number of nitrogens with one attached hydrogen (secondary N) is 1. The fourth-order valence-electron chi connectivity index (χ4n) is 1.39. The van der Waals surface area contributed by atoms with Gasteiger partial charge in [0.25, 0.3) is 0 Å². The Hall–Kier alpha value is -0.120. The third-order valence-electron chi connectivity index (χ3n) is 2.26. The van der Waals surface area contributed by atoms with Crippen LogP contribution >= 0.6 is 0 Å². The lowest BCUT2D eigenvalue weighted by atomic mass is 9.98. The van der Waals surface area contributed by atoms with Crippen molar-refractivity contribution in [2.45, 2.75) is 12.8 Å². The minimum absolute atomic E-state index is 0.768. The van der Waals surface area contributed by atoms with E-state index in [0.29, 0.717) is 0 Å². The fraction of sp³-hybridized carbons (Fsp3) is 1.00. The van der Waals surface area contributed by atoms with Gasteiger partial charge in [-0.05, 0) is 32.4 Å². The van der Waals surface area contributed by atoms with Crippen LogP contribution < -0.4 is 11.2 Å². The maximum atomic E-state index is 5.55. The number of rotatable bonds is 2. The molecule has 1 aliphatic heterocycles. The van der Waals surface area contributed by atoms with Crippen LogP contribution in [0.4, 0.5) is 0 Å². The average Bonchev–Trinajstić information content (AvgIpc) is 2.05. The maximum Gasteiger partial charge on any atom is 0.0134 e. The molecule has 0 spiro atoms. The summed E-state index contributed by atoms with van der Waals surface area (Å²) < 4.78 is 0. The first-order valence-electron chi connectivity index (χ1n) is 3.99. The lowest BCUT2D eigenvalue weighted by Gasteiger charge is -2.30. The van der Waals surface area contributed by atoms with Crippen LogP contribution in [0.15, 0.2) is 0 Å². The Labute approximate surface area is 62.5 Å². The molecule has 1 saturated heterocycles. The highest BCUT2D eigenvalue weighted by Crippen LogP contribution is 2.13. The Morgan fingerprint density at radius 3 is 2.50 bits per heavy atom. The molecule has 0 radical (unpaired) electrons. The maximum absolute atomic E-state index is 5.55. The van der Waals surface area contributed by atoms with E-state index in [1.165, 1.54) is 12.8 Å². The van der Waals surface area contributed by atoms with E-state index in [2.05, 4.69) is 10.4 Å². The second kappa shape index (κ2) is 3.91. The van der Waals surface area contributed by atoms with Crippen LogP contribution in [-0.2, 0) is 0 Å². The van der Waals surface area contributed by atoms with Crippen molar-refractivity contribution >= 4 is 0 Å². The molecule has 1 heterocycles. The summed E-state index contributed by atoms with van der Waals surface area (Å²) in [6, 6.07) is 0. The van der Waals surface area contributed by atoms with Crippen molar-refractivity contribution in [1.82, 2.24) is 10.4 Å². The summed E-state index contributed by atoms with van der Waals surface area (Å²) in [6.45, 7) is 3.16. The van der Waals surface area contributed by atoms with Gasteiger partial charge in [0.1, 0.15) is 0 Å². The molecule has 1 aliphatic rings. The van der Waals surface area contributed by atoms with Crippen LogP contribution in [0.25, 0.3) is 0 Å². The van der Waals surface area contributed by atoms with Gasteiger partial charge in [0.05, 0.1) is 0 Å². The zero-order valence-electron chi connectivity index (χ0n) is 6.64. The molecule has 0 saturated carbocycles. The molecule has 1 fully saturated rings. The predicted molar refractivity (Wildman–Crippen MR) is 42.4 cm³/mol. The normalized spacial score (nSPS) is 23.4. The third kappa shape index (κ3) is 1.94. The molecular formula is C7H17N3. The number of nitrogens with zero attached hydrogens (tertiary/aromatic N) is 1. The number of hydrogen-bond donors (Lipinski definition) is 2. The van der Waals surface area contributed by atoms with Crippen molar-refractivity contribution in [1.29, 1.82) is 0 Å². The minimum Gasteiger partial charge on any atom is -0.330 e. The van der Waals surface area contributed by atoms with Gasteiger partial charge in [-0.1, -0.05) is 0 Å². The van der Waals surface area contributed by atoms with Gasteiger partial charge >= 0.3 is 0 Å². The van der Waals surface area contributed by atoms with Crippen molar-refractivity contribution in [3.05, 3.63) is 0 Å². The smallest absolute Gasteiger partial charge is 0.0134 e. The van der Waals surface area contributed by atoms with E-state index in [-0.39, 0.29) is 0 Å². The number of hydrogen-bond acceptors (Lipinski definition) is 3. The largest absolute Gasteiger partial charge is 0.330 e. The molecular weight excluding hydrogens is 126 g/mol. The van der Waals surface area contributed by atoms with E-state index < -0.39 is 0 Å². The SMILES string of the molecule is CNN1CCC(CN)CC1. The summed E-state index contributed by atoms with van der Waals surface area (Å²) in [6.07, 6.45) is 2.49. The topological polar surface area (TPSA) is 41.3 Å². The fourth-order valence-corrected chi connectivity index (χ4v) is 1.39. The first-order valence-corrected chi connectivity index (χ1v) is 3.99. The van der Waals surface area contributed by atoms with E-state index in [0.717, 1.165) is 25.6 Å². The monoisotopic (exact) mass is 143 g/mol. The summed E-state index contributed by atoms with van der Waals surface area (Å²) in [7, 11) is 1.97. The predicted octanol–water partition coefficient (Wildman–Crippen LogP) is -0.208. The zero-order valence-corrected chi connectivity index (χ0v) is 6.64. The molecule has 0 unspecified atom stereocenters. The molecule has 1 rings (SSSR count). The van der Waals surface area contributed by atoms with Crippen molar-refractivity contribution in [2.75, 3.05) is 26.7 Å². The quantitative estimate of drug-likeness (QED) is 0.562. The Bertz CT molecular complexity index is 74.9. The number of hydrazine groups is 1. The molecule has 0 aromatic carbocycles. The molecule has 0 aliphatic carbocycles. The first-order chi connectivity index (χ1) is 4.86. The highest BCUT2D eigenvalue weighted by molar-refractivity contribution is 4.69. The van der Waals surface area contributed by atoms with Crippen molar-refractivity contribution < 1.29 is 0 Å². The molecule has 60 valence electrons. The Kier molecular flexibility index (Phi) is 3.12. The molecule has 3 heteroatoms. The zero-order chi connectivity index (χ0) is 7.40. The third-order valence-corrected chi connectivity index (χ3v) is 2.26. The summed E-state index contributed by atoms with van der Waals surface area (Å²) in [4.78, 5) is 0. The van der Waals surface area contributed by atoms with Gasteiger partial charge in [-0.15, -0.1) is 0 Å². The highest BCUT2D eigenvalue weighted by Gasteiger charge is 2.15. The van der Waals surface area contributed by atoms with Crippen molar-refractivity contribution in [2.24, 2.45) is 11.7 Å². The van der Waals surface area contributed by atoms with Crippen LogP contribution in [0.1, 0.15) is 12.8 Å². The molecule has 0 amide bonds. The Morgan fingerprint density at radius 1 is 1.50 bits per heavy atom. The van der Waals surface area contributed by atoms with E-state index >= 15 is 0 Å². The van der Waals surface area contributed by atoms with Crippen LogP contribution in [0.5, 0.6) is 0 Å². The lowest BCUT2D eigenvalue weighted by Crippen LogP contribution is -2.42. The average molecular weight is 143 g/mol. The van der Waals surface area contributed by atoms with Gasteiger partial charge in [-0.25, -0.2) is 5.01 Å². The Balaban J connectivity index is 2.17. The van der Waals surface area contributed by atoms with E-state index in [1.807, 2.05) is 7.05 Å². The summed E-state index contributed by atoms with van der Waals surface area (Å²) in [5.74, 6) is 0.768. The molecule has 0 atom stereocenters. The van der Waals surface area contributed by atoms with E-state index in [1.54, 1.807) is 0 Å². The van der Waals surface area contributed by atoms with E-state index in [4.69, 9.17) is 5.73 Å². The van der Waals surface area contributed by atoms with Crippen LogP contribution in [0.2, 0.25) is 0 Å². The molecule has 3 nitrogen and oxygen atoms in total. The molecule has 3 N–H and O–H groups in total. The van der Waals surface area contributed by atoms with Gasteiger partial charge in [0.15, 0.2) is 0 Å². The summed E-state index contributed by atoms with van der Waals surface area (Å²) in [5.41, 5.74) is 8.69. The number of piperidine rings is 1. The Morgan fingerprint density at radius 2 is 2.10 bits per heavy atom. The van der Waals surface area contributed by atoms with Crippen LogP contribution in [0.3, 0.4) is 0 Å². The minimum atomic E-state index is 0.768. The standard InChI is InChI=1S/C7H17N3/c1-9-10-4-2-7(6-8)3-5-10/h7,9H,2-6,8H2,1H3. The van der Waals surface area contributed by atoms with Crippen molar-refractivity contribution in [3.8, 4) is 0 Å². The van der Waals surface area contributed by atoms with Gasteiger partial charge in [0.2, 0.25) is 0 Å². The summed E-state index contributed by atoms with van der Waals surface area (Å²) in [5, 5.41) is 2.24. The van der Waals surface area contributed by atoms with Crippen molar-refractivity contribution in [3.63, 3.8) is 0 Å². The van der Waals surface area contributed by atoms with Crippen LogP contribution in [0, 0.1) is 5.92 Å². The molecule has 0 aromatic rings. The van der Waals surface area contributed by atoms with Gasteiger partial charge in [0, 0.05) is 13.1 Å². The number of nitrogens with two attached hydrogens (primary N) is 1. The summed E-state index contributed by atoms with van der Waals surface area (Å²) >= 11 is 0. The van der Waals surface area contributed by atoms with Gasteiger partial charge < -0.3 is 5.73 Å². The molecule has 0 aromatic heterocycles. The van der Waals surface area contributed by atoms with Gasteiger partial charge in [-0.3, -0.25) is 5.43 Å². The highest BCUT2D eigenvalue weighted by atomic mass is 15.5.